The number of para-hydroxylation sites is 1. The third kappa shape index (κ3) is 1.61. The molecule has 0 saturated heterocycles. The Kier molecular flexibility index (Phi) is 2.36. The van der Waals surface area contributed by atoms with Crippen molar-refractivity contribution in [2.45, 2.75) is 12.3 Å². The van der Waals surface area contributed by atoms with Crippen molar-refractivity contribution in [2.75, 3.05) is 0 Å². The van der Waals surface area contributed by atoms with Crippen molar-refractivity contribution in [2.24, 2.45) is 0 Å². The van der Waals surface area contributed by atoms with Crippen molar-refractivity contribution < 1.29 is 9.63 Å². The van der Waals surface area contributed by atoms with Crippen LogP contribution in [0.25, 0.3) is 11.5 Å². The van der Waals surface area contributed by atoms with Gasteiger partial charge in [-0.2, -0.15) is 4.98 Å². The highest BCUT2D eigenvalue weighted by atomic mass is 16.5. The Morgan fingerprint density at radius 3 is 2.70 bits per heavy atom. The highest BCUT2D eigenvalue weighted by Gasteiger charge is 2.31. The number of nitrogens with zero attached hydrogens (tertiary/aromatic N) is 2. The third-order valence-electron chi connectivity index (χ3n) is 3.74. The molecule has 0 aliphatic heterocycles. The molecule has 0 saturated carbocycles. The molecule has 1 aliphatic rings. The van der Waals surface area contributed by atoms with Crippen LogP contribution in [0.2, 0.25) is 0 Å². The molecule has 20 heavy (non-hydrogen) atoms. The monoisotopic (exact) mass is 264 g/mol. The van der Waals surface area contributed by atoms with Crippen molar-refractivity contribution in [3.63, 3.8) is 0 Å². The Morgan fingerprint density at radius 2 is 1.85 bits per heavy atom. The number of hydrogen-bond donors (Lipinski definition) is 1. The Bertz CT molecular complexity index is 779. The fourth-order valence-corrected chi connectivity index (χ4v) is 2.63. The molecular weight excluding hydrogens is 252 g/mol. The molecule has 1 heterocycles. The second-order valence-corrected chi connectivity index (χ2v) is 4.93. The van der Waals surface area contributed by atoms with Crippen LogP contribution in [-0.4, -0.2) is 15.2 Å². The maximum absolute atomic E-state index is 9.81. The molecule has 1 aromatic heterocycles. The third-order valence-corrected chi connectivity index (χ3v) is 3.74. The van der Waals surface area contributed by atoms with Gasteiger partial charge in [0.25, 0.3) is 5.89 Å². The molecule has 1 atom stereocenters. The molecule has 2 aromatic carbocycles. The molecule has 3 aromatic rings. The minimum Gasteiger partial charge on any atom is -0.507 e. The zero-order valence-corrected chi connectivity index (χ0v) is 10.7. The summed E-state index contributed by atoms with van der Waals surface area (Å²) in [5.41, 5.74) is 3.17. The molecule has 0 amide bonds. The first-order valence-electron chi connectivity index (χ1n) is 6.52. The normalized spacial score (nSPS) is 16.5. The van der Waals surface area contributed by atoms with Gasteiger partial charge in [0.05, 0.1) is 11.5 Å². The van der Waals surface area contributed by atoms with Gasteiger partial charge in [-0.1, -0.05) is 41.6 Å². The van der Waals surface area contributed by atoms with E-state index in [-0.39, 0.29) is 11.7 Å². The van der Waals surface area contributed by atoms with E-state index < -0.39 is 0 Å². The van der Waals surface area contributed by atoms with Gasteiger partial charge in [0, 0.05) is 0 Å². The van der Waals surface area contributed by atoms with Crippen LogP contribution < -0.4 is 0 Å². The molecule has 98 valence electrons. The smallest absolute Gasteiger partial charge is 0.261 e. The molecule has 0 spiro atoms. The average Bonchev–Trinajstić information content (AvgIpc) is 2.90. The average molecular weight is 264 g/mol. The molecular formula is C16H12N2O2. The van der Waals surface area contributed by atoms with E-state index >= 15 is 0 Å². The largest absolute Gasteiger partial charge is 0.507 e. The van der Waals surface area contributed by atoms with Gasteiger partial charge in [-0.3, -0.25) is 0 Å². The maximum Gasteiger partial charge on any atom is 0.261 e. The summed E-state index contributed by atoms with van der Waals surface area (Å²) in [5, 5.41) is 13.9. The molecule has 4 heteroatoms. The summed E-state index contributed by atoms with van der Waals surface area (Å²) in [6.07, 6.45) is 0.940. The van der Waals surface area contributed by atoms with Gasteiger partial charge in [-0.05, 0) is 29.7 Å². The lowest BCUT2D eigenvalue weighted by atomic mass is 9.77. The van der Waals surface area contributed by atoms with Gasteiger partial charge in [-0.25, -0.2) is 0 Å². The van der Waals surface area contributed by atoms with Gasteiger partial charge >= 0.3 is 0 Å². The predicted molar refractivity (Wildman–Crippen MR) is 73.4 cm³/mol. The summed E-state index contributed by atoms with van der Waals surface area (Å²) in [4.78, 5) is 4.42. The zero-order chi connectivity index (χ0) is 13.5. The van der Waals surface area contributed by atoms with E-state index in [1.165, 1.54) is 11.1 Å². The number of hydrogen-bond acceptors (Lipinski definition) is 4. The molecule has 4 nitrogen and oxygen atoms in total. The van der Waals surface area contributed by atoms with Crippen LogP contribution >= 0.6 is 0 Å². The quantitative estimate of drug-likeness (QED) is 0.772. The number of rotatable bonds is 2. The van der Waals surface area contributed by atoms with E-state index in [2.05, 4.69) is 22.3 Å². The Labute approximate surface area is 115 Å². The second kappa shape index (κ2) is 4.20. The first kappa shape index (κ1) is 11.2. The summed E-state index contributed by atoms with van der Waals surface area (Å²) >= 11 is 0. The molecule has 1 aliphatic carbocycles. The topological polar surface area (TPSA) is 59.2 Å². The van der Waals surface area contributed by atoms with Gasteiger partial charge in [0.2, 0.25) is 0 Å². The van der Waals surface area contributed by atoms with Crippen molar-refractivity contribution in [1.29, 1.82) is 0 Å². The van der Waals surface area contributed by atoms with E-state index in [9.17, 15) is 5.11 Å². The fourth-order valence-electron chi connectivity index (χ4n) is 2.63. The number of fused-ring (bicyclic) bond motifs is 1. The van der Waals surface area contributed by atoms with Gasteiger partial charge in [0.15, 0.2) is 5.82 Å². The fraction of sp³-hybridized carbons (Fsp3) is 0.125. The number of phenolic OH excluding ortho intramolecular Hbond substituents is 1. The summed E-state index contributed by atoms with van der Waals surface area (Å²) in [6.45, 7) is 0. The summed E-state index contributed by atoms with van der Waals surface area (Å²) in [6, 6.07) is 15.2. The Morgan fingerprint density at radius 1 is 1.05 bits per heavy atom. The molecule has 0 radical (unpaired) electrons. The standard InChI is InChI=1S/C16H12N2O2/c19-14-8-4-3-7-12(14)16-17-15(18-20-16)13-9-10-5-1-2-6-11(10)13/h1-8,13,19H,9H2. The van der Waals surface area contributed by atoms with Gasteiger partial charge in [0.1, 0.15) is 5.75 Å². The maximum atomic E-state index is 9.81. The van der Waals surface area contributed by atoms with E-state index in [0.717, 1.165) is 6.42 Å². The SMILES string of the molecule is Oc1ccccc1-c1nc(C2Cc3ccccc32)no1. The summed E-state index contributed by atoms with van der Waals surface area (Å²) < 4.78 is 5.28. The molecule has 0 fully saturated rings. The summed E-state index contributed by atoms with van der Waals surface area (Å²) in [5.74, 6) is 1.40. The Hall–Kier alpha value is -2.62. The zero-order valence-electron chi connectivity index (χ0n) is 10.7. The minimum atomic E-state index is 0.150. The van der Waals surface area contributed by atoms with Crippen molar-refractivity contribution >= 4 is 0 Å². The predicted octanol–water partition coefficient (Wildman–Crippen LogP) is 3.13. The van der Waals surface area contributed by atoms with Gasteiger partial charge < -0.3 is 9.63 Å². The summed E-state index contributed by atoms with van der Waals surface area (Å²) in [7, 11) is 0. The molecule has 1 unspecified atom stereocenters. The van der Waals surface area contributed by atoms with E-state index in [1.54, 1.807) is 18.2 Å². The second-order valence-electron chi connectivity index (χ2n) is 4.93. The first-order valence-corrected chi connectivity index (χ1v) is 6.52. The van der Waals surface area contributed by atoms with Crippen molar-refractivity contribution in [1.82, 2.24) is 10.1 Å². The first-order chi connectivity index (χ1) is 9.83. The lowest BCUT2D eigenvalue weighted by Crippen LogP contribution is -2.19. The molecule has 1 N–H and O–H groups in total. The number of benzene rings is 2. The van der Waals surface area contributed by atoms with Crippen LogP contribution in [0.1, 0.15) is 22.9 Å². The number of aromatic nitrogens is 2. The van der Waals surface area contributed by atoms with E-state index in [1.807, 2.05) is 18.2 Å². The van der Waals surface area contributed by atoms with Crippen LogP contribution in [0.15, 0.2) is 53.1 Å². The van der Waals surface area contributed by atoms with Crippen LogP contribution in [0.5, 0.6) is 5.75 Å². The highest BCUT2D eigenvalue weighted by molar-refractivity contribution is 5.61. The van der Waals surface area contributed by atoms with E-state index in [0.29, 0.717) is 17.3 Å². The minimum absolute atomic E-state index is 0.150. The lowest BCUT2D eigenvalue weighted by molar-refractivity contribution is 0.412. The number of aromatic hydroxyl groups is 1. The highest BCUT2D eigenvalue weighted by Crippen LogP contribution is 2.39. The van der Waals surface area contributed by atoms with Crippen molar-refractivity contribution in [3.8, 4) is 17.2 Å². The Balaban J connectivity index is 1.69. The van der Waals surface area contributed by atoms with Gasteiger partial charge in [-0.15, -0.1) is 0 Å². The van der Waals surface area contributed by atoms with Crippen LogP contribution in [-0.2, 0) is 6.42 Å². The van der Waals surface area contributed by atoms with Crippen LogP contribution in [0.4, 0.5) is 0 Å². The van der Waals surface area contributed by atoms with E-state index in [4.69, 9.17) is 4.52 Å². The van der Waals surface area contributed by atoms with Crippen molar-refractivity contribution in [3.05, 3.63) is 65.5 Å². The molecule has 4 rings (SSSR count). The van der Waals surface area contributed by atoms with Crippen LogP contribution in [0.3, 0.4) is 0 Å². The number of phenols is 1. The molecule has 0 bridgehead atoms. The lowest BCUT2D eigenvalue weighted by Gasteiger charge is -2.27. The van der Waals surface area contributed by atoms with Crippen LogP contribution in [0, 0.1) is 0 Å².